The van der Waals surface area contributed by atoms with E-state index < -0.39 is 0 Å². The van der Waals surface area contributed by atoms with Gasteiger partial charge in [-0.2, -0.15) is 4.98 Å². The zero-order valence-corrected chi connectivity index (χ0v) is 17.3. The molecular formula is C19H22ClN5O2S. The Balaban J connectivity index is 1.66. The van der Waals surface area contributed by atoms with Crippen molar-refractivity contribution in [2.24, 2.45) is 0 Å². The van der Waals surface area contributed by atoms with Crippen LogP contribution in [0.25, 0.3) is 10.4 Å². The third kappa shape index (κ3) is 5.31. The normalized spacial score (nSPS) is 11.1. The van der Waals surface area contributed by atoms with Gasteiger partial charge in [-0.25, -0.2) is 4.98 Å². The lowest BCUT2D eigenvalue weighted by molar-refractivity contribution is 0.100. The van der Waals surface area contributed by atoms with E-state index in [1.807, 2.05) is 24.4 Å². The van der Waals surface area contributed by atoms with Crippen molar-refractivity contribution >= 4 is 40.4 Å². The Labute approximate surface area is 172 Å². The number of oxazole rings is 1. The molecule has 2 aromatic heterocycles. The molecule has 3 N–H and O–H groups in total. The predicted octanol–water partition coefficient (Wildman–Crippen LogP) is 3.82. The first-order valence-corrected chi connectivity index (χ1v) is 9.99. The number of hydrogen-bond donors (Lipinski definition) is 2. The summed E-state index contributed by atoms with van der Waals surface area (Å²) in [5.41, 5.74) is 7.26. The Morgan fingerprint density at radius 1 is 1.39 bits per heavy atom. The molecule has 3 aromatic rings. The quantitative estimate of drug-likeness (QED) is 0.508. The lowest BCUT2D eigenvalue weighted by atomic mass is 10.1. The van der Waals surface area contributed by atoms with Crippen LogP contribution in [-0.2, 0) is 6.42 Å². The molecule has 0 aliphatic rings. The molecule has 0 saturated carbocycles. The Hall–Kier alpha value is -2.42. The van der Waals surface area contributed by atoms with Crippen molar-refractivity contribution < 1.29 is 9.21 Å². The number of halogens is 1. The van der Waals surface area contributed by atoms with Gasteiger partial charge >= 0.3 is 0 Å². The Morgan fingerprint density at radius 2 is 2.21 bits per heavy atom. The lowest BCUT2D eigenvalue weighted by Gasteiger charge is -2.09. The van der Waals surface area contributed by atoms with Crippen LogP contribution in [0, 0.1) is 0 Å². The monoisotopic (exact) mass is 419 g/mol. The third-order valence-electron chi connectivity index (χ3n) is 4.05. The van der Waals surface area contributed by atoms with Crippen LogP contribution in [0.5, 0.6) is 0 Å². The van der Waals surface area contributed by atoms with Crippen molar-refractivity contribution in [3.05, 3.63) is 46.4 Å². The van der Waals surface area contributed by atoms with Gasteiger partial charge in [-0.3, -0.25) is 4.79 Å². The number of Topliss-reactive ketones (excluding diaryl/α,β-unsaturated/α-hetero) is 1. The molecule has 7 nitrogen and oxygen atoms in total. The van der Waals surface area contributed by atoms with Crippen molar-refractivity contribution in [2.75, 3.05) is 38.2 Å². The molecule has 0 bridgehead atoms. The van der Waals surface area contributed by atoms with Gasteiger partial charge in [-0.1, -0.05) is 17.7 Å². The SMILES string of the molecule is CN(C)CCCc1ncc(-c2ccc(Cl)c(NCC(=O)c3coc(N)n3)c2)s1. The van der Waals surface area contributed by atoms with E-state index in [0.717, 1.165) is 34.8 Å². The topological polar surface area (TPSA) is 97.3 Å². The fraction of sp³-hybridized carbons (Fsp3) is 0.316. The number of rotatable bonds is 9. The van der Waals surface area contributed by atoms with Crippen LogP contribution in [0.2, 0.25) is 5.02 Å². The van der Waals surface area contributed by atoms with Crippen molar-refractivity contribution in [3.63, 3.8) is 0 Å². The van der Waals surface area contributed by atoms with Crippen molar-refractivity contribution in [3.8, 4) is 10.4 Å². The molecule has 0 radical (unpaired) electrons. The molecule has 0 saturated heterocycles. The predicted molar refractivity (Wildman–Crippen MR) is 113 cm³/mol. The minimum absolute atomic E-state index is 0.0324. The summed E-state index contributed by atoms with van der Waals surface area (Å²) in [7, 11) is 4.13. The van der Waals surface area contributed by atoms with Gasteiger partial charge < -0.3 is 20.4 Å². The van der Waals surface area contributed by atoms with Crippen molar-refractivity contribution in [1.82, 2.24) is 14.9 Å². The number of anilines is 2. The molecule has 28 heavy (non-hydrogen) atoms. The fourth-order valence-corrected chi connectivity index (χ4v) is 3.74. The number of hydrogen-bond acceptors (Lipinski definition) is 8. The first kappa shape index (κ1) is 20.3. The zero-order valence-electron chi connectivity index (χ0n) is 15.7. The van der Waals surface area contributed by atoms with Gasteiger partial charge in [0.25, 0.3) is 6.01 Å². The number of nitrogens with two attached hydrogens (primary N) is 1. The third-order valence-corrected chi connectivity index (χ3v) is 5.48. The molecule has 0 spiro atoms. The standard InChI is InChI=1S/C19H22ClN5O2S/c1-25(2)7-3-4-18-23-10-17(28-18)12-5-6-13(20)14(8-12)22-9-16(26)15-11-27-19(21)24-15/h5-6,8,10-11,22H,3-4,7,9H2,1-2H3,(H2,21,24). The Kier molecular flexibility index (Phi) is 6.66. The number of carbonyl (C=O) groups is 1. The summed E-state index contributed by atoms with van der Waals surface area (Å²) in [6.07, 6.45) is 5.15. The minimum atomic E-state index is -0.233. The van der Waals surface area contributed by atoms with Crippen LogP contribution < -0.4 is 11.1 Å². The maximum absolute atomic E-state index is 12.2. The van der Waals surface area contributed by atoms with Gasteiger partial charge in [-0.15, -0.1) is 11.3 Å². The van der Waals surface area contributed by atoms with Crippen LogP contribution >= 0.6 is 22.9 Å². The van der Waals surface area contributed by atoms with E-state index in [0.29, 0.717) is 10.7 Å². The number of nitrogen functional groups attached to an aromatic ring is 1. The van der Waals surface area contributed by atoms with E-state index in [1.54, 1.807) is 11.3 Å². The summed E-state index contributed by atoms with van der Waals surface area (Å²) in [6, 6.07) is 5.65. The van der Waals surface area contributed by atoms with Crippen molar-refractivity contribution in [1.29, 1.82) is 0 Å². The second-order valence-electron chi connectivity index (χ2n) is 6.57. The molecule has 1 aromatic carbocycles. The van der Waals surface area contributed by atoms with Gasteiger partial charge in [-0.05, 0) is 44.8 Å². The smallest absolute Gasteiger partial charge is 0.292 e. The minimum Gasteiger partial charge on any atom is -0.432 e. The van der Waals surface area contributed by atoms with E-state index in [9.17, 15) is 4.79 Å². The maximum atomic E-state index is 12.2. The molecular weight excluding hydrogens is 398 g/mol. The second-order valence-corrected chi connectivity index (χ2v) is 8.09. The van der Waals surface area contributed by atoms with E-state index in [-0.39, 0.29) is 24.0 Å². The molecule has 0 fully saturated rings. The molecule has 3 rings (SSSR count). The van der Waals surface area contributed by atoms with Gasteiger partial charge in [0.2, 0.25) is 5.78 Å². The molecule has 0 unspecified atom stereocenters. The molecule has 0 aliphatic carbocycles. The van der Waals surface area contributed by atoms with Gasteiger partial charge in [0.05, 0.1) is 27.1 Å². The summed E-state index contributed by atoms with van der Waals surface area (Å²) in [6.45, 7) is 1.07. The highest BCUT2D eigenvalue weighted by Gasteiger charge is 2.13. The van der Waals surface area contributed by atoms with Crippen LogP contribution in [0.15, 0.2) is 35.1 Å². The Bertz CT molecular complexity index is 953. The van der Waals surface area contributed by atoms with Gasteiger partial charge in [0, 0.05) is 12.6 Å². The number of carbonyl (C=O) groups excluding carboxylic acids is 1. The highest BCUT2D eigenvalue weighted by Crippen LogP contribution is 2.32. The highest BCUT2D eigenvalue weighted by atomic mass is 35.5. The van der Waals surface area contributed by atoms with Crippen LogP contribution in [-0.4, -0.2) is 47.8 Å². The lowest BCUT2D eigenvalue weighted by Crippen LogP contribution is -2.14. The Morgan fingerprint density at radius 3 is 2.93 bits per heavy atom. The van der Waals surface area contributed by atoms with Gasteiger partial charge in [0.1, 0.15) is 12.0 Å². The van der Waals surface area contributed by atoms with Crippen LogP contribution in [0.1, 0.15) is 21.9 Å². The largest absolute Gasteiger partial charge is 0.432 e. The molecule has 2 heterocycles. The number of aromatic nitrogens is 2. The second kappa shape index (κ2) is 9.18. The molecule has 0 amide bonds. The molecule has 0 aliphatic heterocycles. The van der Waals surface area contributed by atoms with Crippen molar-refractivity contribution in [2.45, 2.75) is 12.8 Å². The van der Waals surface area contributed by atoms with E-state index >= 15 is 0 Å². The van der Waals surface area contributed by atoms with E-state index in [1.165, 1.54) is 6.26 Å². The summed E-state index contributed by atoms with van der Waals surface area (Å²) in [5, 5.41) is 4.70. The maximum Gasteiger partial charge on any atom is 0.292 e. The summed E-state index contributed by atoms with van der Waals surface area (Å²) in [5.74, 6) is -0.233. The van der Waals surface area contributed by atoms with Crippen LogP contribution in [0.3, 0.4) is 0 Å². The van der Waals surface area contributed by atoms with Gasteiger partial charge in [0.15, 0.2) is 0 Å². The summed E-state index contributed by atoms with van der Waals surface area (Å²) >= 11 is 7.95. The molecule has 148 valence electrons. The first-order valence-electron chi connectivity index (χ1n) is 8.80. The summed E-state index contributed by atoms with van der Waals surface area (Å²) < 4.78 is 4.87. The number of benzene rings is 1. The highest BCUT2D eigenvalue weighted by molar-refractivity contribution is 7.15. The average Bonchev–Trinajstić information content (AvgIpc) is 3.30. The fourth-order valence-electron chi connectivity index (χ4n) is 2.60. The van der Waals surface area contributed by atoms with E-state index in [2.05, 4.69) is 34.3 Å². The zero-order chi connectivity index (χ0) is 20.1. The number of thiazole rings is 1. The average molecular weight is 420 g/mol. The first-order chi connectivity index (χ1) is 13.4. The number of aryl methyl sites for hydroxylation is 1. The van der Waals surface area contributed by atoms with Crippen LogP contribution in [0.4, 0.5) is 11.7 Å². The summed E-state index contributed by atoms with van der Waals surface area (Å²) in [4.78, 5) is 23.7. The number of ketones is 1. The molecule has 0 atom stereocenters. The molecule has 9 heteroatoms. The number of nitrogens with zero attached hydrogens (tertiary/aromatic N) is 3. The number of nitrogens with one attached hydrogen (secondary N) is 1. The van der Waals surface area contributed by atoms with E-state index in [4.69, 9.17) is 21.8 Å².